The third-order valence-corrected chi connectivity index (χ3v) is 4.35. The van der Waals surface area contributed by atoms with Gasteiger partial charge in [0.2, 0.25) is 0 Å². The Morgan fingerprint density at radius 3 is 2.27 bits per heavy atom. The number of nitrogens with zero attached hydrogens (tertiary/aromatic N) is 1. The van der Waals surface area contributed by atoms with Crippen LogP contribution in [0.5, 0.6) is 0 Å². The first-order chi connectivity index (χ1) is 14.5. The Labute approximate surface area is 178 Å². The first-order valence-corrected chi connectivity index (χ1v) is 9.58. The average molecular weight is 427 g/mol. The molecule has 8 heteroatoms. The lowest BCUT2D eigenvalue weighted by Crippen LogP contribution is -2.42. The first-order valence-electron chi connectivity index (χ1n) is 9.21. The summed E-state index contributed by atoms with van der Waals surface area (Å²) in [6.45, 7) is 0.346. The van der Waals surface area contributed by atoms with Crippen molar-refractivity contribution in [3.63, 3.8) is 0 Å². The van der Waals surface area contributed by atoms with Crippen LogP contribution < -0.4 is 20.9 Å². The fourth-order valence-electron chi connectivity index (χ4n) is 2.70. The van der Waals surface area contributed by atoms with Gasteiger partial charge in [-0.25, -0.2) is 14.0 Å². The Hall–Kier alpha value is -3.58. The van der Waals surface area contributed by atoms with Gasteiger partial charge in [0.1, 0.15) is 5.82 Å². The van der Waals surface area contributed by atoms with E-state index in [0.29, 0.717) is 22.1 Å². The van der Waals surface area contributed by atoms with E-state index >= 15 is 0 Å². The number of hydrogen-bond acceptors (Lipinski definition) is 2. The van der Waals surface area contributed by atoms with Gasteiger partial charge in [-0.15, -0.1) is 0 Å². The fourth-order valence-corrected chi connectivity index (χ4v) is 2.89. The molecule has 0 bridgehead atoms. The summed E-state index contributed by atoms with van der Waals surface area (Å²) in [5.74, 6) is -0.402. The van der Waals surface area contributed by atoms with Gasteiger partial charge in [0.05, 0.1) is 0 Å². The number of hydrogen-bond donors (Lipinski definition) is 3. The van der Waals surface area contributed by atoms with Crippen LogP contribution in [0.3, 0.4) is 0 Å². The molecule has 3 aromatic carbocycles. The summed E-state index contributed by atoms with van der Waals surface area (Å²) >= 11 is 5.90. The molecule has 30 heavy (non-hydrogen) atoms. The molecule has 154 valence electrons. The SMILES string of the molecule is O=C(NCCN(C(=O)Nc1ccccc1)c1ccc(F)cc1)Nc1cccc(Cl)c1. The molecule has 0 aromatic heterocycles. The molecule has 0 saturated carbocycles. The van der Waals surface area contributed by atoms with Crippen LogP contribution in [0.2, 0.25) is 5.02 Å². The molecule has 3 rings (SSSR count). The molecule has 0 unspecified atom stereocenters. The highest BCUT2D eigenvalue weighted by Crippen LogP contribution is 2.17. The molecule has 3 N–H and O–H groups in total. The van der Waals surface area contributed by atoms with Gasteiger partial charge in [0, 0.05) is 35.2 Å². The number of carbonyl (C=O) groups excluding carboxylic acids is 2. The van der Waals surface area contributed by atoms with Gasteiger partial charge < -0.3 is 16.0 Å². The fraction of sp³-hybridized carbons (Fsp3) is 0.0909. The van der Waals surface area contributed by atoms with Crippen LogP contribution in [0.15, 0.2) is 78.9 Å². The summed E-state index contributed by atoms with van der Waals surface area (Å²) in [7, 11) is 0. The van der Waals surface area contributed by atoms with Crippen molar-refractivity contribution >= 4 is 40.7 Å². The number of halogens is 2. The Morgan fingerprint density at radius 2 is 1.57 bits per heavy atom. The highest BCUT2D eigenvalue weighted by molar-refractivity contribution is 6.30. The van der Waals surface area contributed by atoms with Crippen LogP contribution in [-0.2, 0) is 0 Å². The number of amides is 4. The van der Waals surface area contributed by atoms with Crippen molar-refractivity contribution in [3.05, 3.63) is 89.7 Å². The van der Waals surface area contributed by atoms with E-state index in [-0.39, 0.29) is 13.1 Å². The lowest BCUT2D eigenvalue weighted by Gasteiger charge is -2.23. The van der Waals surface area contributed by atoms with E-state index in [0.717, 1.165) is 0 Å². The van der Waals surface area contributed by atoms with Crippen LogP contribution in [0.4, 0.5) is 31.0 Å². The molecular weight excluding hydrogens is 407 g/mol. The van der Waals surface area contributed by atoms with Crippen molar-refractivity contribution < 1.29 is 14.0 Å². The molecule has 0 atom stereocenters. The number of rotatable bonds is 6. The topological polar surface area (TPSA) is 73.5 Å². The summed E-state index contributed by atoms with van der Waals surface area (Å²) in [5.41, 5.74) is 1.68. The van der Waals surface area contributed by atoms with Gasteiger partial charge in [-0.3, -0.25) is 4.90 Å². The Balaban J connectivity index is 1.62. The maximum Gasteiger partial charge on any atom is 0.326 e. The van der Waals surface area contributed by atoms with Crippen molar-refractivity contribution in [2.24, 2.45) is 0 Å². The molecule has 0 aliphatic heterocycles. The van der Waals surface area contributed by atoms with Crippen LogP contribution in [0.25, 0.3) is 0 Å². The van der Waals surface area contributed by atoms with Crippen molar-refractivity contribution in [1.29, 1.82) is 0 Å². The van der Waals surface area contributed by atoms with Crippen LogP contribution in [0, 0.1) is 5.82 Å². The number of nitrogens with one attached hydrogen (secondary N) is 3. The predicted octanol–water partition coefficient (Wildman–Crippen LogP) is 5.34. The quantitative estimate of drug-likeness (QED) is 0.497. The summed E-state index contributed by atoms with van der Waals surface area (Å²) < 4.78 is 13.3. The zero-order chi connectivity index (χ0) is 21.3. The molecule has 0 fully saturated rings. The number of anilines is 3. The Kier molecular flexibility index (Phi) is 7.24. The maximum absolute atomic E-state index is 13.3. The van der Waals surface area contributed by atoms with Crippen LogP contribution >= 0.6 is 11.6 Å². The summed E-state index contributed by atoms with van der Waals surface area (Å²) in [6, 6.07) is 20.5. The van der Waals surface area contributed by atoms with E-state index in [9.17, 15) is 14.0 Å². The monoisotopic (exact) mass is 426 g/mol. The Morgan fingerprint density at radius 1 is 0.867 bits per heavy atom. The minimum atomic E-state index is -0.431. The first kappa shape index (κ1) is 21.1. The van der Waals surface area contributed by atoms with Crippen molar-refractivity contribution in [2.45, 2.75) is 0 Å². The second-order valence-electron chi connectivity index (χ2n) is 6.32. The molecule has 0 radical (unpaired) electrons. The third kappa shape index (κ3) is 6.22. The van der Waals surface area contributed by atoms with Gasteiger partial charge >= 0.3 is 12.1 Å². The molecular formula is C22H20ClFN4O2. The van der Waals surface area contributed by atoms with Crippen molar-refractivity contribution in [1.82, 2.24) is 5.32 Å². The van der Waals surface area contributed by atoms with Gasteiger partial charge in [0.25, 0.3) is 0 Å². The van der Waals surface area contributed by atoms with Crippen molar-refractivity contribution in [3.8, 4) is 0 Å². The average Bonchev–Trinajstić information content (AvgIpc) is 2.73. The van der Waals surface area contributed by atoms with E-state index in [4.69, 9.17) is 11.6 Å². The molecule has 0 aliphatic carbocycles. The number of benzene rings is 3. The van der Waals surface area contributed by atoms with Gasteiger partial charge in [-0.2, -0.15) is 0 Å². The second-order valence-corrected chi connectivity index (χ2v) is 6.75. The highest BCUT2D eigenvalue weighted by atomic mass is 35.5. The lowest BCUT2D eigenvalue weighted by molar-refractivity contribution is 0.250. The van der Waals surface area contributed by atoms with E-state index in [1.165, 1.54) is 29.2 Å². The highest BCUT2D eigenvalue weighted by Gasteiger charge is 2.16. The van der Waals surface area contributed by atoms with Crippen LogP contribution in [-0.4, -0.2) is 25.2 Å². The van der Waals surface area contributed by atoms with Gasteiger partial charge in [0.15, 0.2) is 0 Å². The second kappa shape index (κ2) is 10.3. The van der Waals surface area contributed by atoms with Gasteiger partial charge in [-0.05, 0) is 54.6 Å². The molecule has 6 nitrogen and oxygen atoms in total. The van der Waals surface area contributed by atoms with E-state index in [2.05, 4.69) is 16.0 Å². The third-order valence-electron chi connectivity index (χ3n) is 4.11. The molecule has 0 spiro atoms. The van der Waals surface area contributed by atoms with E-state index in [1.807, 2.05) is 6.07 Å². The molecule has 0 saturated heterocycles. The minimum absolute atomic E-state index is 0.173. The largest absolute Gasteiger partial charge is 0.336 e. The molecule has 3 aromatic rings. The van der Waals surface area contributed by atoms with Gasteiger partial charge in [-0.1, -0.05) is 35.9 Å². The smallest absolute Gasteiger partial charge is 0.326 e. The summed E-state index contributed by atoms with van der Waals surface area (Å²) in [6.07, 6.45) is 0. The van der Waals surface area contributed by atoms with Crippen LogP contribution in [0.1, 0.15) is 0 Å². The summed E-state index contributed by atoms with van der Waals surface area (Å²) in [4.78, 5) is 26.3. The van der Waals surface area contributed by atoms with E-state index < -0.39 is 17.9 Å². The molecule has 0 aliphatic rings. The minimum Gasteiger partial charge on any atom is -0.336 e. The standard InChI is InChI=1S/C22H20ClFN4O2/c23-16-5-4-8-19(15-16)26-21(29)25-13-14-28(20-11-9-17(24)10-12-20)22(30)27-18-6-2-1-3-7-18/h1-12,15H,13-14H2,(H,27,30)(H2,25,26,29). The predicted molar refractivity (Wildman–Crippen MR) is 118 cm³/mol. The number of carbonyl (C=O) groups is 2. The zero-order valence-electron chi connectivity index (χ0n) is 15.9. The number of urea groups is 2. The lowest BCUT2D eigenvalue weighted by atomic mass is 10.2. The Bertz CT molecular complexity index is 1000. The zero-order valence-corrected chi connectivity index (χ0v) is 16.7. The molecule has 4 amide bonds. The number of para-hydroxylation sites is 1. The molecule has 0 heterocycles. The maximum atomic E-state index is 13.3. The van der Waals surface area contributed by atoms with E-state index in [1.54, 1.807) is 48.5 Å². The normalized spacial score (nSPS) is 10.2. The van der Waals surface area contributed by atoms with Crippen molar-refractivity contribution in [2.75, 3.05) is 28.6 Å². The summed E-state index contributed by atoms with van der Waals surface area (Å²) in [5, 5.41) is 8.66.